The molecule has 7 nitrogen and oxygen atoms in total. The predicted molar refractivity (Wildman–Crippen MR) is 99.3 cm³/mol. The van der Waals surface area contributed by atoms with Gasteiger partial charge in [0.25, 0.3) is 0 Å². The molecule has 2 heterocycles. The number of benzene rings is 2. The van der Waals surface area contributed by atoms with Crippen LogP contribution < -0.4 is 11.0 Å². The van der Waals surface area contributed by atoms with Gasteiger partial charge in [-0.05, 0) is 37.1 Å². The Balaban J connectivity index is 1.71. The Morgan fingerprint density at radius 1 is 1.08 bits per heavy atom. The molecule has 2 aromatic carbocycles. The number of fused-ring (bicyclic) bond motifs is 3. The molecule has 26 heavy (non-hydrogen) atoms. The van der Waals surface area contributed by atoms with Crippen LogP contribution >= 0.6 is 0 Å². The van der Waals surface area contributed by atoms with E-state index in [1.807, 2.05) is 56.3 Å². The summed E-state index contributed by atoms with van der Waals surface area (Å²) in [6.45, 7) is 3.70. The van der Waals surface area contributed by atoms with Crippen LogP contribution in [0.1, 0.15) is 11.1 Å². The van der Waals surface area contributed by atoms with Gasteiger partial charge in [-0.2, -0.15) is 0 Å². The van der Waals surface area contributed by atoms with E-state index in [1.165, 1.54) is 10.7 Å². The molecule has 2 aromatic heterocycles. The van der Waals surface area contributed by atoms with Crippen molar-refractivity contribution in [1.82, 2.24) is 19.2 Å². The summed E-state index contributed by atoms with van der Waals surface area (Å²) in [5.74, 6) is -0.307. The van der Waals surface area contributed by atoms with E-state index in [0.717, 1.165) is 32.4 Å². The number of aromatic nitrogens is 4. The van der Waals surface area contributed by atoms with Crippen molar-refractivity contribution in [2.75, 3.05) is 5.32 Å². The third-order valence-corrected chi connectivity index (χ3v) is 4.36. The van der Waals surface area contributed by atoms with E-state index in [9.17, 15) is 9.59 Å². The standard InChI is InChI=1S/C19H17N5O2/c1-12-6-3-4-9-15(12)21-16(25)10-24-19(26)23-11-20-17-13(2)7-5-8-14(17)18(23)22-24/h3-9,11H,10H2,1-2H3,(H,21,25). The summed E-state index contributed by atoms with van der Waals surface area (Å²) in [6.07, 6.45) is 1.45. The molecule has 0 atom stereocenters. The topological polar surface area (TPSA) is 81.3 Å². The Kier molecular flexibility index (Phi) is 3.76. The van der Waals surface area contributed by atoms with E-state index >= 15 is 0 Å². The van der Waals surface area contributed by atoms with Crippen LogP contribution in [0.3, 0.4) is 0 Å². The monoisotopic (exact) mass is 347 g/mol. The average molecular weight is 347 g/mol. The van der Waals surface area contributed by atoms with Gasteiger partial charge in [0.15, 0.2) is 5.65 Å². The van der Waals surface area contributed by atoms with E-state index in [4.69, 9.17) is 0 Å². The van der Waals surface area contributed by atoms with Gasteiger partial charge in [-0.15, -0.1) is 5.10 Å². The van der Waals surface area contributed by atoms with E-state index in [-0.39, 0.29) is 12.5 Å². The smallest absolute Gasteiger partial charge is 0.324 e. The van der Waals surface area contributed by atoms with Gasteiger partial charge in [-0.3, -0.25) is 4.79 Å². The van der Waals surface area contributed by atoms with Crippen LogP contribution in [0.2, 0.25) is 0 Å². The summed E-state index contributed by atoms with van der Waals surface area (Å²) in [6, 6.07) is 13.2. The second-order valence-corrected chi connectivity index (χ2v) is 6.21. The molecule has 0 spiro atoms. The molecule has 1 amide bonds. The maximum Gasteiger partial charge on any atom is 0.352 e. The molecule has 7 heteroatoms. The highest BCUT2D eigenvalue weighted by atomic mass is 16.2. The van der Waals surface area contributed by atoms with E-state index in [1.54, 1.807) is 0 Å². The third-order valence-electron chi connectivity index (χ3n) is 4.36. The molecule has 0 saturated carbocycles. The summed E-state index contributed by atoms with van der Waals surface area (Å²) in [5.41, 5.74) is 3.57. The maximum atomic E-state index is 12.6. The first-order valence-electron chi connectivity index (χ1n) is 8.23. The zero-order chi connectivity index (χ0) is 18.3. The second-order valence-electron chi connectivity index (χ2n) is 6.21. The van der Waals surface area contributed by atoms with Crippen molar-refractivity contribution in [3.63, 3.8) is 0 Å². The Hall–Kier alpha value is -3.48. The SMILES string of the molecule is Cc1ccccc1NC(=O)Cn1nc2c3cccc(C)c3ncn2c1=O. The van der Waals surface area contributed by atoms with Crippen molar-refractivity contribution in [3.05, 3.63) is 70.4 Å². The number of carbonyl (C=O) groups is 1. The molecule has 0 saturated heterocycles. The first kappa shape index (κ1) is 16.0. The molecule has 1 N–H and O–H groups in total. The van der Waals surface area contributed by atoms with Crippen molar-refractivity contribution in [2.24, 2.45) is 0 Å². The summed E-state index contributed by atoms with van der Waals surface area (Å²) >= 11 is 0. The molecule has 0 aliphatic heterocycles. The fraction of sp³-hybridized carbons (Fsp3) is 0.158. The van der Waals surface area contributed by atoms with Gasteiger partial charge in [0, 0.05) is 11.1 Å². The van der Waals surface area contributed by atoms with Gasteiger partial charge in [0.2, 0.25) is 5.91 Å². The highest BCUT2D eigenvalue weighted by Crippen LogP contribution is 2.18. The van der Waals surface area contributed by atoms with Crippen LogP contribution in [0.5, 0.6) is 0 Å². The number of hydrogen-bond acceptors (Lipinski definition) is 4. The lowest BCUT2D eigenvalue weighted by Gasteiger charge is -2.07. The van der Waals surface area contributed by atoms with Crippen LogP contribution in [-0.2, 0) is 11.3 Å². The van der Waals surface area contributed by atoms with Crippen LogP contribution in [0, 0.1) is 13.8 Å². The van der Waals surface area contributed by atoms with Crippen LogP contribution in [-0.4, -0.2) is 25.1 Å². The molecule has 0 unspecified atom stereocenters. The van der Waals surface area contributed by atoms with Crippen molar-refractivity contribution in [2.45, 2.75) is 20.4 Å². The first-order valence-corrected chi connectivity index (χ1v) is 8.23. The first-order chi connectivity index (χ1) is 12.5. The van der Waals surface area contributed by atoms with Gasteiger partial charge in [0.1, 0.15) is 12.9 Å². The molecule has 0 aliphatic rings. The number of nitrogens with zero attached hydrogens (tertiary/aromatic N) is 4. The summed E-state index contributed by atoms with van der Waals surface area (Å²) in [5, 5.41) is 7.95. The van der Waals surface area contributed by atoms with Crippen molar-refractivity contribution in [3.8, 4) is 0 Å². The van der Waals surface area contributed by atoms with Crippen LogP contribution in [0.4, 0.5) is 5.69 Å². The molecular formula is C19H17N5O2. The molecule has 0 bridgehead atoms. The lowest BCUT2D eigenvalue weighted by molar-refractivity contribution is -0.117. The van der Waals surface area contributed by atoms with Gasteiger partial charge >= 0.3 is 5.69 Å². The quantitative estimate of drug-likeness (QED) is 0.616. The largest absolute Gasteiger partial charge is 0.352 e. The summed E-state index contributed by atoms with van der Waals surface area (Å²) in [4.78, 5) is 29.3. The number of aryl methyl sites for hydroxylation is 2. The number of anilines is 1. The Bertz CT molecular complexity index is 1210. The lowest BCUT2D eigenvalue weighted by atomic mass is 10.1. The zero-order valence-corrected chi connectivity index (χ0v) is 14.4. The number of amides is 1. The van der Waals surface area contributed by atoms with Crippen molar-refractivity contribution in [1.29, 1.82) is 0 Å². The minimum Gasteiger partial charge on any atom is -0.324 e. The zero-order valence-electron chi connectivity index (χ0n) is 14.4. The number of para-hydroxylation sites is 2. The average Bonchev–Trinajstić information content (AvgIpc) is 2.94. The normalized spacial score (nSPS) is 11.2. The van der Waals surface area contributed by atoms with Gasteiger partial charge in [-0.1, -0.05) is 30.3 Å². The summed E-state index contributed by atoms with van der Waals surface area (Å²) < 4.78 is 2.52. The molecule has 4 aromatic rings. The number of rotatable bonds is 3. The molecule has 0 fully saturated rings. The molecular weight excluding hydrogens is 330 g/mol. The fourth-order valence-corrected chi connectivity index (χ4v) is 2.98. The third kappa shape index (κ3) is 2.63. The molecule has 0 radical (unpaired) electrons. The number of carbonyl (C=O) groups excluding carboxylic acids is 1. The van der Waals surface area contributed by atoms with Crippen LogP contribution in [0.15, 0.2) is 53.6 Å². The highest BCUT2D eigenvalue weighted by molar-refractivity contribution is 5.93. The van der Waals surface area contributed by atoms with Gasteiger partial charge in [-0.25, -0.2) is 18.9 Å². The van der Waals surface area contributed by atoms with E-state index in [0.29, 0.717) is 5.65 Å². The molecule has 0 aliphatic carbocycles. The Morgan fingerprint density at radius 3 is 2.65 bits per heavy atom. The number of nitrogens with one attached hydrogen (secondary N) is 1. The summed E-state index contributed by atoms with van der Waals surface area (Å²) in [7, 11) is 0. The van der Waals surface area contributed by atoms with E-state index < -0.39 is 5.69 Å². The van der Waals surface area contributed by atoms with Crippen LogP contribution in [0.25, 0.3) is 16.6 Å². The van der Waals surface area contributed by atoms with Gasteiger partial charge in [0.05, 0.1) is 5.52 Å². The second kappa shape index (κ2) is 6.11. The van der Waals surface area contributed by atoms with Gasteiger partial charge < -0.3 is 5.32 Å². The van der Waals surface area contributed by atoms with Crippen molar-refractivity contribution < 1.29 is 4.79 Å². The molecule has 4 rings (SSSR count). The van der Waals surface area contributed by atoms with E-state index in [2.05, 4.69) is 15.4 Å². The predicted octanol–water partition coefficient (Wildman–Crippen LogP) is 2.30. The maximum absolute atomic E-state index is 12.6. The lowest BCUT2D eigenvalue weighted by Crippen LogP contribution is -2.28. The number of hydrogen-bond donors (Lipinski definition) is 1. The highest BCUT2D eigenvalue weighted by Gasteiger charge is 2.14. The minimum atomic E-state index is -0.393. The minimum absolute atomic E-state index is 0.165. The fourth-order valence-electron chi connectivity index (χ4n) is 2.98. The van der Waals surface area contributed by atoms with Crippen molar-refractivity contribution >= 4 is 28.1 Å². The molecule has 130 valence electrons. The Morgan fingerprint density at radius 2 is 1.85 bits per heavy atom. The Labute approximate surface area is 148 Å².